The van der Waals surface area contributed by atoms with Crippen LogP contribution in [0.4, 0.5) is 0 Å². The summed E-state index contributed by atoms with van der Waals surface area (Å²) in [5.41, 5.74) is 1.27. The molecular formula is C22H22O8. The van der Waals surface area contributed by atoms with Crippen molar-refractivity contribution in [3.63, 3.8) is 0 Å². The second-order valence-electron chi connectivity index (χ2n) is 6.56. The van der Waals surface area contributed by atoms with E-state index in [0.717, 1.165) is 0 Å². The third-order valence-electron chi connectivity index (χ3n) is 4.57. The number of carbonyl (C=O) groups excluding carboxylic acids is 2. The summed E-state index contributed by atoms with van der Waals surface area (Å²) in [5.74, 6) is -2.80. The van der Waals surface area contributed by atoms with E-state index in [1.165, 1.54) is 36.4 Å². The van der Waals surface area contributed by atoms with Crippen LogP contribution in [0.3, 0.4) is 0 Å². The van der Waals surface area contributed by atoms with Gasteiger partial charge in [-0.15, -0.1) is 0 Å². The molecule has 8 nitrogen and oxygen atoms in total. The van der Waals surface area contributed by atoms with Gasteiger partial charge in [-0.2, -0.15) is 0 Å². The third-order valence-corrected chi connectivity index (χ3v) is 4.57. The fourth-order valence-electron chi connectivity index (χ4n) is 3.29. The van der Waals surface area contributed by atoms with Crippen LogP contribution in [0.25, 0.3) is 6.08 Å². The lowest BCUT2D eigenvalue weighted by Gasteiger charge is -2.18. The summed E-state index contributed by atoms with van der Waals surface area (Å²) in [7, 11) is 0. The lowest BCUT2D eigenvalue weighted by Crippen LogP contribution is -2.21. The van der Waals surface area contributed by atoms with E-state index in [0.29, 0.717) is 16.7 Å². The van der Waals surface area contributed by atoms with Crippen LogP contribution in [-0.2, 0) is 19.1 Å². The fourth-order valence-corrected chi connectivity index (χ4v) is 3.29. The van der Waals surface area contributed by atoms with Crippen LogP contribution in [-0.4, -0.2) is 40.5 Å². The number of phenolic OH excluding ortho intramolecular Hbond substituents is 3. The highest BCUT2D eigenvalue weighted by molar-refractivity contribution is 5.88. The van der Waals surface area contributed by atoms with Crippen molar-refractivity contribution in [2.45, 2.75) is 25.9 Å². The number of carbonyl (C=O) groups is 2. The predicted octanol–water partition coefficient (Wildman–Crippen LogP) is 3.16. The molecule has 1 aliphatic heterocycles. The molecule has 2 atom stereocenters. The monoisotopic (exact) mass is 414 g/mol. The molecule has 2 aromatic carbocycles. The number of fused-ring (bicyclic) bond motifs is 1. The van der Waals surface area contributed by atoms with E-state index in [9.17, 15) is 24.9 Å². The molecule has 0 aromatic heterocycles. The van der Waals surface area contributed by atoms with Gasteiger partial charge in [0.15, 0.2) is 23.0 Å². The number of aromatic hydroxyl groups is 3. The van der Waals surface area contributed by atoms with Gasteiger partial charge < -0.3 is 29.5 Å². The summed E-state index contributed by atoms with van der Waals surface area (Å²) in [4.78, 5) is 24.3. The van der Waals surface area contributed by atoms with Crippen LogP contribution >= 0.6 is 0 Å². The van der Waals surface area contributed by atoms with E-state index < -0.39 is 24.0 Å². The van der Waals surface area contributed by atoms with Gasteiger partial charge in [-0.25, -0.2) is 4.79 Å². The quantitative estimate of drug-likeness (QED) is 0.374. The maximum Gasteiger partial charge on any atom is 0.330 e. The van der Waals surface area contributed by atoms with Crippen molar-refractivity contribution in [2.24, 2.45) is 0 Å². The Bertz CT molecular complexity index is 995. The largest absolute Gasteiger partial charge is 0.504 e. The van der Waals surface area contributed by atoms with Crippen LogP contribution in [0.15, 0.2) is 36.4 Å². The Hall–Kier alpha value is -3.68. The Labute approximate surface area is 172 Å². The molecule has 0 bridgehead atoms. The maximum absolute atomic E-state index is 12.7. The molecule has 0 saturated carbocycles. The molecule has 30 heavy (non-hydrogen) atoms. The highest BCUT2D eigenvalue weighted by atomic mass is 16.5. The van der Waals surface area contributed by atoms with Crippen molar-refractivity contribution in [1.29, 1.82) is 0 Å². The summed E-state index contributed by atoms with van der Waals surface area (Å²) in [5, 5.41) is 29.9. The van der Waals surface area contributed by atoms with Crippen LogP contribution < -0.4 is 4.74 Å². The van der Waals surface area contributed by atoms with E-state index in [1.807, 2.05) is 0 Å². The highest BCUT2D eigenvalue weighted by Crippen LogP contribution is 2.51. The number of esters is 2. The van der Waals surface area contributed by atoms with Gasteiger partial charge in [0.1, 0.15) is 12.0 Å². The van der Waals surface area contributed by atoms with Gasteiger partial charge in [0.2, 0.25) is 0 Å². The molecule has 1 aliphatic rings. The van der Waals surface area contributed by atoms with Crippen molar-refractivity contribution >= 4 is 18.0 Å². The number of hydrogen-bond donors (Lipinski definition) is 3. The topological polar surface area (TPSA) is 123 Å². The van der Waals surface area contributed by atoms with Crippen molar-refractivity contribution in [3.8, 4) is 23.0 Å². The molecule has 1 heterocycles. The number of hydrogen-bond acceptors (Lipinski definition) is 8. The van der Waals surface area contributed by atoms with Crippen molar-refractivity contribution in [1.82, 2.24) is 0 Å². The first kappa shape index (κ1) is 21.0. The van der Waals surface area contributed by atoms with E-state index in [2.05, 4.69) is 0 Å². The lowest BCUT2D eigenvalue weighted by atomic mass is 9.90. The smallest absolute Gasteiger partial charge is 0.330 e. The molecule has 2 aromatic rings. The molecule has 8 heteroatoms. The molecule has 0 aliphatic carbocycles. The number of phenols is 3. The minimum Gasteiger partial charge on any atom is -0.504 e. The van der Waals surface area contributed by atoms with Gasteiger partial charge in [0.05, 0.1) is 13.2 Å². The standard InChI is InChI=1S/C22H22O8/c1-3-28-18(26)8-5-12-9-14-19(22(27)29-4-2)20(30-21(14)17(25)10-12)13-6-7-15(23)16(24)11-13/h5-11,19-20,23-25H,3-4H2,1-2H3/b8-5+/t19-,20+/m0/s1. The van der Waals surface area contributed by atoms with E-state index in [1.54, 1.807) is 19.9 Å². The predicted molar refractivity (Wildman–Crippen MR) is 106 cm³/mol. The maximum atomic E-state index is 12.7. The highest BCUT2D eigenvalue weighted by Gasteiger charge is 2.43. The number of rotatable bonds is 6. The van der Waals surface area contributed by atoms with Gasteiger partial charge in [0, 0.05) is 11.6 Å². The van der Waals surface area contributed by atoms with E-state index in [4.69, 9.17) is 14.2 Å². The zero-order chi connectivity index (χ0) is 21.8. The summed E-state index contributed by atoms with van der Waals surface area (Å²) >= 11 is 0. The van der Waals surface area contributed by atoms with Crippen LogP contribution in [0.1, 0.15) is 42.6 Å². The summed E-state index contributed by atoms with van der Waals surface area (Å²) in [6.45, 7) is 3.74. The van der Waals surface area contributed by atoms with Gasteiger partial charge in [0.25, 0.3) is 0 Å². The fraction of sp³-hybridized carbons (Fsp3) is 0.273. The first-order chi connectivity index (χ1) is 14.3. The third kappa shape index (κ3) is 4.17. The Kier molecular flexibility index (Phi) is 6.15. The first-order valence-corrected chi connectivity index (χ1v) is 9.42. The van der Waals surface area contributed by atoms with Gasteiger partial charge in [-0.3, -0.25) is 4.79 Å². The average molecular weight is 414 g/mol. The molecule has 0 fully saturated rings. The molecule has 0 spiro atoms. The Morgan fingerprint density at radius 1 is 1.00 bits per heavy atom. The minimum absolute atomic E-state index is 0.110. The van der Waals surface area contributed by atoms with Gasteiger partial charge in [-0.1, -0.05) is 6.07 Å². The Morgan fingerprint density at radius 3 is 2.40 bits per heavy atom. The zero-order valence-electron chi connectivity index (χ0n) is 16.5. The number of ether oxygens (including phenoxy) is 3. The van der Waals surface area contributed by atoms with E-state index >= 15 is 0 Å². The summed E-state index contributed by atoms with van der Waals surface area (Å²) in [6.07, 6.45) is 1.79. The molecule has 3 rings (SSSR count). The second-order valence-corrected chi connectivity index (χ2v) is 6.56. The van der Waals surface area contributed by atoms with Crippen molar-refractivity contribution in [3.05, 3.63) is 53.1 Å². The molecular weight excluding hydrogens is 392 g/mol. The molecule has 0 amide bonds. The average Bonchev–Trinajstić information content (AvgIpc) is 3.09. The van der Waals surface area contributed by atoms with Gasteiger partial charge in [-0.05, 0) is 55.3 Å². The molecule has 158 valence electrons. The SMILES string of the molecule is CCOC(=O)/C=C/c1cc(O)c2c(c1)[C@H](C(=O)OCC)[C@@H](c1ccc(O)c(O)c1)O2. The summed E-state index contributed by atoms with van der Waals surface area (Å²) < 4.78 is 15.9. The Morgan fingerprint density at radius 2 is 1.73 bits per heavy atom. The van der Waals surface area contributed by atoms with Crippen LogP contribution in [0, 0.1) is 0 Å². The minimum atomic E-state index is -0.925. The summed E-state index contributed by atoms with van der Waals surface area (Å²) in [6, 6.07) is 7.10. The molecule has 0 radical (unpaired) electrons. The first-order valence-electron chi connectivity index (χ1n) is 9.42. The molecule has 3 N–H and O–H groups in total. The normalized spacial score (nSPS) is 17.4. The van der Waals surface area contributed by atoms with Crippen molar-refractivity contribution < 1.29 is 39.1 Å². The number of benzene rings is 2. The van der Waals surface area contributed by atoms with Crippen molar-refractivity contribution in [2.75, 3.05) is 13.2 Å². The van der Waals surface area contributed by atoms with Crippen LogP contribution in [0.5, 0.6) is 23.0 Å². The molecule has 0 unspecified atom stereocenters. The lowest BCUT2D eigenvalue weighted by molar-refractivity contribution is -0.146. The second kappa shape index (κ2) is 8.77. The van der Waals surface area contributed by atoms with Gasteiger partial charge >= 0.3 is 11.9 Å². The molecule has 0 saturated heterocycles. The Balaban J connectivity index is 2.03. The van der Waals surface area contributed by atoms with E-state index in [-0.39, 0.29) is 36.2 Å². The zero-order valence-corrected chi connectivity index (χ0v) is 16.5. The van der Waals surface area contributed by atoms with Crippen LogP contribution in [0.2, 0.25) is 0 Å².